The summed E-state index contributed by atoms with van der Waals surface area (Å²) in [7, 11) is 0. The Labute approximate surface area is 92.9 Å². The van der Waals surface area contributed by atoms with Crippen molar-refractivity contribution in [2.45, 2.75) is 52.9 Å². The maximum absolute atomic E-state index is 5.79. The quantitative estimate of drug-likeness (QED) is 0.693. The molecule has 1 heterocycles. The molecule has 2 nitrogen and oxygen atoms in total. The fraction of sp³-hybridized carbons (Fsp3) is 0.615. The van der Waals surface area contributed by atoms with Crippen molar-refractivity contribution in [3.05, 3.63) is 30.1 Å². The third-order valence-corrected chi connectivity index (χ3v) is 2.38. The molecule has 0 aliphatic rings. The normalized spacial score (nSPS) is 13.5. The van der Waals surface area contributed by atoms with Crippen LogP contribution in [0.15, 0.2) is 24.4 Å². The maximum Gasteiger partial charge on any atom is 0.260 e. The van der Waals surface area contributed by atoms with Crippen LogP contribution in [0.4, 0.5) is 0 Å². The molecular weight excluding hydrogens is 186 g/mol. The Balaban J connectivity index is 2.92. The fourth-order valence-electron chi connectivity index (χ4n) is 1.75. The van der Waals surface area contributed by atoms with Gasteiger partial charge in [0.2, 0.25) is 0 Å². The molecule has 0 bridgehead atoms. The number of hydrogen-bond donors (Lipinski definition) is 0. The zero-order chi connectivity index (χ0) is 11.4. The monoisotopic (exact) mass is 208 g/mol. The van der Waals surface area contributed by atoms with Gasteiger partial charge in [-0.1, -0.05) is 19.9 Å². The maximum atomic E-state index is 5.79. The van der Waals surface area contributed by atoms with Crippen molar-refractivity contribution in [1.82, 2.24) is 0 Å². The van der Waals surface area contributed by atoms with E-state index in [-0.39, 0.29) is 12.3 Å². The van der Waals surface area contributed by atoms with Gasteiger partial charge in [-0.3, -0.25) is 0 Å². The van der Waals surface area contributed by atoms with Gasteiger partial charge >= 0.3 is 0 Å². The number of hydrogen-bond acceptors (Lipinski definition) is 1. The lowest BCUT2D eigenvalue weighted by Gasteiger charge is -2.15. The third-order valence-electron chi connectivity index (χ3n) is 2.38. The lowest BCUT2D eigenvalue weighted by molar-refractivity contribution is -0.767. The van der Waals surface area contributed by atoms with E-state index < -0.39 is 0 Å². The van der Waals surface area contributed by atoms with Crippen LogP contribution in [0.1, 0.15) is 52.5 Å². The van der Waals surface area contributed by atoms with E-state index in [1.807, 2.05) is 6.07 Å². The molecule has 1 aromatic rings. The molecule has 84 valence electrons. The summed E-state index contributed by atoms with van der Waals surface area (Å²) in [4.78, 5) is 0. The zero-order valence-electron chi connectivity index (χ0n) is 10.4. The topological polar surface area (TPSA) is 13.1 Å². The first kappa shape index (κ1) is 12.2. The van der Waals surface area contributed by atoms with Gasteiger partial charge in [-0.25, -0.2) is 0 Å². The Morgan fingerprint density at radius 2 is 1.73 bits per heavy atom. The molecule has 1 atom stereocenters. The Hall–Kier alpha value is -0.890. The van der Waals surface area contributed by atoms with Gasteiger partial charge in [-0.15, -0.1) is 0 Å². The van der Waals surface area contributed by atoms with E-state index in [0.717, 1.165) is 0 Å². The summed E-state index contributed by atoms with van der Waals surface area (Å²) in [5.74, 6) is 0.518. The van der Waals surface area contributed by atoms with Gasteiger partial charge < -0.3 is 4.74 Å². The summed E-state index contributed by atoms with van der Waals surface area (Å²) < 4.78 is 7.99. The van der Waals surface area contributed by atoms with Crippen LogP contribution in [0, 0.1) is 0 Å². The molecule has 0 aromatic carbocycles. The lowest BCUT2D eigenvalue weighted by atomic mass is 10.1. The molecule has 0 aliphatic heterocycles. The van der Waals surface area contributed by atoms with Crippen LogP contribution in [0.2, 0.25) is 0 Å². The Bertz CT molecular complexity index is 307. The van der Waals surface area contributed by atoms with Gasteiger partial charge in [0.1, 0.15) is 0 Å². The van der Waals surface area contributed by atoms with E-state index in [1.54, 1.807) is 0 Å². The minimum Gasteiger partial charge on any atom is -0.318 e. The van der Waals surface area contributed by atoms with Crippen molar-refractivity contribution in [2.75, 3.05) is 0 Å². The Kier molecular flexibility index (Phi) is 4.28. The summed E-state index contributed by atoms with van der Waals surface area (Å²) in [6, 6.07) is 6.28. The van der Waals surface area contributed by atoms with Gasteiger partial charge in [-0.05, 0) is 13.8 Å². The van der Waals surface area contributed by atoms with Gasteiger partial charge in [0, 0.05) is 25.0 Å². The van der Waals surface area contributed by atoms with Crippen LogP contribution in [-0.2, 0) is 4.74 Å². The highest BCUT2D eigenvalue weighted by atomic mass is 16.5. The fourth-order valence-corrected chi connectivity index (χ4v) is 1.75. The molecule has 0 saturated carbocycles. The first-order valence-electron chi connectivity index (χ1n) is 5.68. The summed E-state index contributed by atoms with van der Waals surface area (Å²) in [6.07, 6.45) is 2.44. The molecule has 0 fully saturated rings. The molecule has 0 N–H and O–H groups in total. The van der Waals surface area contributed by atoms with E-state index >= 15 is 0 Å². The van der Waals surface area contributed by atoms with Crippen LogP contribution < -0.4 is 4.57 Å². The second kappa shape index (κ2) is 5.26. The molecule has 0 aliphatic carbocycles. The van der Waals surface area contributed by atoms with Crippen molar-refractivity contribution >= 4 is 0 Å². The summed E-state index contributed by atoms with van der Waals surface area (Å²) in [5.41, 5.74) is 1.31. The standard InChI is InChI=1S/C13H22NO/c1-10(2)13-8-6-7-9-14(13)12(5)15-11(3)4/h6-12H,1-5H3/q+1. The average Bonchev–Trinajstić information content (AvgIpc) is 2.16. The third kappa shape index (κ3) is 3.31. The summed E-state index contributed by atoms with van der Waals surface area (Å²) in [6.45, 7) is 10.6. The first-order chi connectivity index (χ1) is 7.02. The number of ether oxygens (including phenoxy) is 1. The molecule has 0 amide bonds. The number of nitrogens with zero attached hydrogens (tertiary/aromatic N) is 1. The van der Waals surface area contributed by atoms with E-state index in [2.05, 4.69) is 57.5 Å². The molecule has 0 saturated heterocycles. The molecule has 15 heavy (non-hydrogen) atoms. The van der Waals surface area contributed by atoms with E-state index in [4.69, 9.17) is 4.74 Å². The van der Waals surface area contributed by atoms with Crippen molar-refractivity contribution in [3.63, 3.8) is 0 Å². The van der Waals surface area contributed by atoms with Gasteiger partial charge in [0.05, 0.1) is 6.10 Å². The minimum atomic E-state index is 0.101. The summed E-state index contributed by atoms with van der Waals surface area (Å²) in [5, 5.41) is 0. The molecule has 2 heteroatoms. The zero-order valence-corrected chi connectivity index (χ0v) is 10.4. The van der Waals surface area contributed by atoms with Crippen LogP contribution in [0.3, 0.4) is 0 Å². The van der Waals surface area contributed by atoms with Crippen molar-refractivity contribution < 1.29 is 9.30 Å². The number of rotatable bonds is 4. The van der Waals surface area contributed by atoms with E-state index in [9.17, 15) is 0 Å². The van der Waals surface area contributed by atoms with Gasteiger partial charge in [0.25, 0.3) is 6.23 Å². The molecule has 1 rings (SSSR count). The largest absolute Gasteiger partial charge is 0.318 e. The molecule has 1 unspecified atom stereocenters. The van der Waals surface area contributed by atoms with Crippen LogP contribution >= 0.6 is 0 Å². The molecular formula is C13H22NO+. The SMILES string of the molecule is CC(C)OC(C)[n+]1ccccc1C(C)C. The van der Waals surface area contributed by atoms with E-state index in [0.29, 0.717) is 5.92 Å². The second-order valence-electron chi connectivity index (χ2n) is 4.47. The lowest BCUT2D eigenvalue weighted by Crippen LogP contribution is -2.44. The van der Waals surface area contributed by atoms with Gasteiger partial charge in [-0.2, -0.15) is 4.57 Å². The van der Waals surface area contributed by atoms with E-state index in [1.165, 1.54) is 5.69 Å². The highest BCUT2D eigenvalue weighted by Crippen LogP contribution is 2.12. The summed E-state index contributed by atoms with van der Waals surface area (Å²) >= 11 is 0. The molecule has 0 radical (unpaired) electrons. The number of aromatic nitrogens is 1. The first-order valence-corrected chi connectivity index (χ1v) is 5.68. The van der Waals surface area contributed by atoms with Crippen LogP contribution in [0.5, 0.6) is 0 Å². The predicted molar refractivity (Wildman–Crippen MR) is 61.7 cm³/mol. The molecule has 1 aromatic heterocycles. The van der Waals surface area contributed by atoms with Crippen LogP contribution in [0.25, 0.3) is 0 Å². The highest BCUT2D eigenvalue weighted by molar-refractivity contribution is 5.01. The smallest absolute Gasteiger partial charge is 0.260 e. The second-order valence-corrected chi connectivity index (χ2v) is 4.47. The average molecular weight is 208 g/mol. The van der Waals surface area contributed by atoms with Crippen LogP contribution in [-0.4, -0.2) is 6.10 Å². The van der Waals surface area contributed by atoms with Gasteiger partial charge in [0.15, 0.2) is 11.9 Å². The Morgan fingerprint density at radius 3 is 2.27 bits per heavy atom. The molecule has 0 spiro atoms. The Morgan fingerprint density at radius 1 is 1.07 bits per heavy atom. The number of pyridine rings is 1. The minimum absolute atomic E-state index is 0.101. The predicted octanol–water partition coefficient (Wildman–Crippen LogP) is 3.04. The highest BCUT2D eigenvalue weighted by Gasteiger charge is 2.20. The van der Waals surface area contributed by atoms with Crippen molar-refractivity contribution in [3.8, 4) is 0 Å². The van der Waals surface area contributed by atoms with Crippen molar-refractivity contribution in [1.29, 1.82) is 0 Å². The van der Waals surface area contributed by atoms with Crippen molar-refractivity contribution in [2.24, 2.45) is 0 Å².